The summed E-state index contributed by atoms with van der Waals surface area (Å²) in [6.07, 6.45) is 3.84. The van der Waals surface area contributed by atoms with Crippen molar-refractivity contribution in [2.45, 2.75) is 71.4 Å². The Balaban J connectivity index is 1.28. The maximum absolute atomic E-state index is 12.9. The molecule has 1 aliphatic carbocycles. The number of hydrogen-bond acceptors (Lipinski definition) is 4. The third kappa shape index (κ3) is 5.81. The minimum atomic E-state index is -0.345. The van der Waals surface area contributed by atoms with Crippen molar-refractivity contribution in [1.29, 1.82) is 0 Å². The predicted octanol–water partition coefficient (Wildman–Crippen LogP) is 4.77. The highest BCUT2D eigenvalue weighted by atomic mass is 16.5. The second kappa shape index (κ2) is 9.38. The second-order valence-corrected chi connectivity index (χ2v) is 9.84. The Morgan fingerprint density at radius 3 is 2.39 bits per heavy atom. The normalized spacial score (nSPS) is 17.0. The summed E-state index contributed by atoms with van der Waals surface area (Å²) >= 11 is 0. The molecular formula is C27H33N3O3. The van der Waals surface area contributed by atoms with Gasteiger partial charge in [0.25, 0.3) is 5.91 Å². The molecule has 0 aromatic heterocycles. The van der Waals surface area contributed by atoms with Crippen molar-refractivity contribution in [2.24, 2.45) is 5.10 Å². The minimum absolute atomic E-state index is 0.00932. The summed E-state index contributed by atoms with van der Waals surface area (Å²) < 4.78 is 5.78. The lowest BCUT2D eigenvalue weighted by atomic mass is 9.93. The molecule has 1 fully saturated rings. The summed E-state index contributed by atoms with van der Waals surface area (Å²) in [6, 6.07) is 13.9. The van der Waals surface area contributed by atoms with Crippen molar-refractivity contribution < 1.29 is 14.3 Å². The Labute approximate surface area is 196 Å². The molecule has 1 N–H and O–H groups in total. The first-order valence-corrected chi connectivity index (χ1v) is 11.7. The maximum atomic E-state index is 12.9. The van der Waals surface area contributed by atoms with Gasteiger partial charge >= 0.3 is 0 Å². The lowest BCUT2D eigenvalue weighted by Gasteiger charge is -2.28. The Hall–Kier alpha value is -3.15. The van der Waals surface area contributed by atoms with Crippen LogP contribution in [-0.4, -0.2) is 40.7 Å². The van der Waals surface area contributed by atoms with Crippen molar-refractivity contribution in [3.63, 3.8) is 0 Å². The van der Waals surface area contributed by atoms with Gasteiger partial charge in [0.15, 0.2) is 0 Å². The number of hydrazone groups is 1. The van der Waals surface area contributed by atoms with Gasteiger partial charge in [0, 0.05) is 24.4 Å². The Morgan fingerprint density at radius 1 is 1.09 bits per heavy atom. The molecule has 2 aromatic rings. The van der Waals surface area contributed by atoms with Crippen LogP contribution >= 0.6 is 0 Å². The fourth-order valence-corrected chi connectivity index (χ4v) is 4.19. The van der Waals surface area contributed by atoms with Crippen LogP contribution in [0.5, 0.6) is 5.75 Å². The van der Waals surface area contributed by atoms with Crippen LogP contribution in [0.25, 0.3) is 0 Å². The molecule has 1 saturated carbocycles. The molecule has 0 unspecified atom stereocenters. The molecule has 6 nitrogen and oxygen atoms in total. The number of carbonyl (C=O) groups excluding carboxylic acids is 2. The minimum Gasteiger partial charge on any atom is -0.494 e. The second-order valence-electron chi connectivity index (χ2n) is 9.84. The van der Waals surface area contributed by atoms with E-state index >= 15 is 0 Å². The van der Waals surface area contributed by atoms with E-state index in [1.807, 2.05) is 0 Å². The topological polar surface area (TPSA) is 71.0 Å². The first-order valence-electron chi connectivity index (χ1n) is 11.7. The zero-order valence-electron chi connectivity index (χ0n) is 20.0. The van der Waals surface area contributed by atoms with Crippen molar-refractivity contribution in [1.82, 2.24) is 10.3 Å². The Kier molecular flexibility index (Phi) is 6.54. The number of carbonyl (C=O) groups is 2. The highest BCUT2D eigenvalue weighted by Crippen LogP contribution is 2.31. The van der Waals surface area contributed by atoms with E-state index in [0.29, 0.717) is 36.8 Å². The number of amides is 2. The number of ether oxygens (including phenoxy) is 1. The summed E-state index contributed by atoms with van der Waals surface area (Å²) in [6.45, 7) is 8.71. The van der Waals surface area contributed by atoms with Crippen LogP contribution < -0.4 is 10.1 Å². The number of aryl methyl sites for hydroxylation is 2. The van der Waals surface area contributed by atoms with E-state index in [0.717, 1.165) is 30.5 Å². The lowest BCUT2D eigenvalue weighted by Crippen LogP contribution is -2.40. The van der Waals surface area contributed by atoms with Crippen molar-refractivity contribution in [2.75, 3.05) is 6.61 Å². The molecule has 6 heteroatoms. The standard InChI is InChI=1S/C27H33N3O3/c1-18-14-19(2)16-21(15-18)24-17-27(3,4)30(29-24)25(31)6-5-13-33-23-11-7-20(8-12-23)26(32)28-22-9-10-22/h7-8,11-12,14-16,22H,5-6,9-10,13,17H2,1-4H3,(H,28,32). The van der Waals surface area contributed by atoms with E-state index in [9.17, 15) is 9.59 Å². The molecule has 2 aromatic carbocycles. The fourth-order valence-electron chi connectivity index (χ4n) is 4.19. The molecule has 2 aliphatic rings. The molecule has 1 heterocycles. The van der Waals surface area contributed by atoms with Gasteiger partial charge in [0.2, 0.25) is 5.91 Å². The largest absolute Gasteiger partial charge is 0.494 e. The quantitative estimate of drug-likeness (QED) is 0.593. The molecule has 174 valence electrons. The molecule has 33 heavy (non-hydrogen) atoms. The van der Waals surface area contributed by atoms with Crippen LogP contribution in [0.2, 0.25) is 0 Å². The smallest absolute Gasteiger partial charge is 0.251 e. The van der Waals surface area contributed by atoms with Crippen LogP contribution in [0, 0.1) is 13.8 Å². The third-order valence-corrected chi connectivity index (χ3v) is 6.02. The summed E-state index contributed by atoms with van der Waals surface area (Å²) in [5, 5.41) is 9.32. The Bertz CT molecular complexity index is 1050. The summed E-state index contributed by atoms with van der Waals surface area (Å²) in [5.74, 6) is 0.667. The number of rotatable bonds is 8. The van der Waals surface area contributed by atoms with Crippen LogP contribution in [-0.2, 0) is 4.79 Å². The van der Waals surface area contributed by atoms with E-state index in [1.54, 1.807) is 29.3 Å². The van der Waals surface area contributed by atoms with E-state index in [1.165, 1.54) is 11.1 Å². The number of nitrogens with one attached hydrogen (secondary N) is 1. The zero-order valence-corrected chi connectivity index (χ0v) is 20.0. The molecule has 2 amide bonds. The van der Waals surface area contributed by atoms with Gasteiger partial charge in [-0.25, -0.2) is 5.01 Å². The SMILES string of the molecule is Cc1cc(C)cc(C2=NN(C(=O)CCCOc3ccc(C(=O)NC4CC4)cc3)C(C)(C)C2)c1. The first kappa shape index (κ1) is 23.0. The van der Waals surface area contributed by atoms with E-state index < -0.39 is 0 Å². The van der Waals surface area contributed by atoms with Crippen LogP contribution in [0.1, 0.15) is 73.0 Å². The maximum Gasteiger partial charge on any atom is 0.251 e. The third-order valence-electron chi connectivity index (χ3n) is 6.02. The van der Waals surface area contributed by atoms with Gasteiger partial charge < -0.3 is 10.1 Å². The van der Waals surface area contributed by atoms with Gasteiger partial charge in [-0.1, -0.05) is 29.3 Å². The van der Waals surface area contributed by atoms with Gasteiger partial charge in [-0.15, -0.1) is 0 Å². The molecule has 0 atom stereocenters. The van der Waals surface area contributed by atoms with Crippen molar-refractivity contribution in [3.8, 4) is 5.75 Å². The molecule has 0 saturated heterocycles. The zero-order chi connectivity index (χ0) is 23.6. The molecule has 0 spiro atoms. The lowest BCUT2D eigenvalue weighted by molar-refractivity contribution is -0.135. The van der Waals surface area contributed by atoms with Gasteiger partial charge in [0.1, 0.15) is 5.75 Å². The van der Waals surface area contributed by atoms with Crippen LogP contribution in [0.3, 0.4) is 0 Å². The molecular weight excluding hydrogens is 414 g/mol. The summed E-state index contributed by atoms with van der Waals surface area (Å²) in [4.78, 5) is 25.0. The Morgan fingerprint density at radius 2 is 1.76 bits per heavy atom. The van der Waals surface area contributed by atoms with Crippen molar-refractivity contribution in [3.05, 3.63) is 64.7 Å². The molecule has 1 aliphatic heterocycles. The first-order chi connectivity index (χ1) is 15.7. The summed E-state index contributed by atoms with van der Waals surface area (Å²) in [7, 11) is 0. The molecule has 0 bridgehead atoms. The van der Waals surface area contributed by atoms with Gasteiger partial charge in [-0.2, -0.15) is 5.10 Å². The van der Waals surface area contributed by atoms with Crippen LogP contribution in [0.15, 0.2) is 47.6 Å². The average Bonchev–Trinajstić information content (AvgIpc) is 3.51. The van der Waals surface area contributed by atoms with Gasteiger partial charge in [-0.3, -0.25) is 9.59 Å². The average molecular weight is 448 g/mol. The fraction of sp³-hybridized carbons (Fsp3) is 0.444. The highest BCUT2D eigenvalue weighted by molar-refractivity contribution is 6.03. The predicted molar refractivity (Wildman–Crippen MR) is 130 cm³/mol. The summed E-state index contributed by atoms with van der Waals surface area (Å²) in [5.41, 5.74) is 4.74. The molecule has 4 rings (SSSR count). The highest BCUT2D eigenvalue weighted by Gasteiger charge is 2.38. The van der Waals surface area contributed by atoms with Gasteiger partial charge in [0.05, 0.1) is 17.9 Å². The number of benzene rings is 2. The van der Waals surface area contributed by atoms with Crippen molar-refractivity contribution >= 4 is 17.5 Å². The monoisotopic (exact) mass is 447 g/mol. The van der Waals surface area contributed by atoms with E-state index in [-0.39, 0.29) is 17.4 Å². The van der Waals surface area contributed by atoms with E-state index in [2.05, 4.69) is 51.2 Å². The number of nitrogens with zero attached hydrogens (tertiary/aromatic N) is 2. The molecule has 0 radical (unpaired) electrons. The van der Waals surface area contributed by atoms with Gasteiger partial charge in [-0.05, 0) is 76.8 Å². The number of hydrogen-bond donors (Lipinski definition) is 1. The van der Waals surface area contributed by atoms with E-state index in [4.69, 9.17) is 9.84 Å². The van der Waals surface area contributed by atoms with Crippen LogP contribution in [0.4, 0.5) is 0 Å².